The van der Waals surface area contributed by atoms with Gasteiger partial charge in [-0.05, 0) is 17.0 Å². The molecule has 1 aromatic carbocycles. The molecule has 0 bridgehead atoms. The first-order valence-corrected chi connectivity index (χ1v) is 11.5. The summed E-state index contributed by atoms with van der Waals surface area (Å²) in [5, 5.41) is 9.09. The lowest BCUT2D eigenvalue weighted by Crippen LogP contribution is -2.41. The molecule has 1 atom stereocenters. The van der Waals surface area contributed by atoms with Gasteiger partial charge in [0.15, 0.2) is 0 Å². The van der Waals surface area contributed by atoms with Crippen LogP contribution < -0.4 is 5.32 Å². The van der Waals surface area contributed by atoms with E-state index in [4.69, 9.17) is 4.74 Å². The van der Waals surface area contributed by atoms with Gasteiger partial charge in [-0.3, -0.25) is 4.90 Å². The quantitative estimate of drug-likeness (QED) is 0.479. The van der Waals surface area contributed by atoms with E-state index < -0.39 is 0 Å². The number of anilines is 1. The molecule has 0 aliphatic carbocycles. The summed E-state index contributed by atoms with van der Waals surface area (Å²) in [6.45, 7) is 4.30. The third kappa shape index (κ3) is 3.91. The van der Waals surface area contributed by atoms with Crippen molar-refractivity contribution in [2.24, 2.45) is 0 Å². The number of benzene rings is 1. The fourth-order valence-corrected chi connectivity index (χ4v) is 5.59. The van der Waals surface area contributed by atoms with Gasteiger partial charge in [-0.15, -0.1) is 22.7 Å². The molecule has 4 aromatic rings. The summed E-state index contributed by atoms with van der Waals surface area (Å²) in [6.07, 6.45) is 1.66. The van der Waals surface area contributed by atoms with Gasteiger partial charge in [-0.2, -0.15) is 0 Å². The van der Waals surface area contributed by atoms with Crippen LogP contribution in [0.4, 0.5) is 5.82 Å². The molecule has 7 heteroatoms. The van der Waals surface area contributed by atoms with Gasteiger partial charge in [0.1, 0.15) is 17.0 Å². The Morgan fingerprint density at radius 2 is 1.90 bits per heavy atom. The number of morpholine rings is 1. The molecule has 148 valence electrons. The van der Waals surface area contributed by atoms with E-state index in [0.29, 0.717) is 6.04 Å². The summed E-state index contributed by atoms with van der Waals surface area (Å²) in [4.78, 5) is 14.0. The van der Waals surface area contributed by atoms with Crippen LogP contribution >= 0.6 is 22.7 Å². The highest BCUT2D eigenvalue weighted by atomic mass is 32.1. The third-order valence-corrected chi connectivity index (χ3v) is 7.14. The maximum atomic E-state index is 5.56. The molecule has 1 aliphatic heterocycles. The molecule has 0 saturated carbocycles. The van der Waals surface area contributed by atoms with Crippen molar-refractivity contribution in [1.29, 1.82) is 0 Å². The second-order valence-corrected chi connectivity index (χ2v) is 8.82. The molecule has 29 heavy (non-hydrogen) atoms. The second-order valence-electron chi connectivity index (χ2n) is 6.98. The molecule has 0 radical (unpaired) electrons. The normalized spacial score (nSPS) is 16.1. The van der Waals surface area contributed by atoms with E-state index in [9.17, 15) is 0 Å². The van der Waals surface area contributed by atoms with Crippen LogP contribution in [0, 0.1) is 0 Å². The van der Waals surface area contributed by atoms with Gasteiger partial charge in [0.05, 0.1) is 24.6 Å². The van der Waals surface area contributed by atoms with Gasteiger partial charge in [-0.1, -0.05) is 36.4 Å². The Morgan fingerprint density at radius 1 is 1.03 bits per heavy atom. The molecule has 0 amide bonds. The van der Waals surface area contributed by atoms with Crippen molar-refractivity contribution < 1.29 is 4.74 Å². The summed E-state index contributed by atoms with van der Waals surface area (Å²) in [5.41, 5.74) is 2.38. The number of ether oxygens (including phenoxy) is 1. The van der Waals surface area contributed by atoms with E-state index in [1.807, 2.05) is 17.4 Å². The summed E-state index contributed by atoms with van der Waals surface area (Å²) in [6, 6.07) is 15.1. The Kier molecular flexibility index (Phi) is 5.53. The molecular weight excluding hydrogens is 400 g/mol. The van der Waals surface area contributed by atoms with Crippen LogP contribution in [0.3, 0.4) is 0 Å². The van der Waals surface area contributed by atoms with Crippen LogP contribution in [-0.2, 0) is 4.74 Å². The zero-order valence-electron chi connectivity index (χ0n) is 16.0. The summed E-state index contributed by atoms with van der Waals surface area (Å²) in [7, 11) is 0. The van der Waals surface area contributed by atoms with Crippen molar-refractivity contribution in [3.8, 4) is 11.1 Å². The van der Waals surface area contributed by atoms with E-state index in [1.54, 1.807) is 17.7 Å². The monoisotopic (exact) mass is 422 g/mol. The van der Waals surface area contributed by atoms with Crippen LogP contribution in [0.25, 0.3) is 21.3 Å². The Hall–Kier alpha value is -2.32. The van der Waals surface area contributed by atoms with Crippen molar-refractivity contribution in [3.05, 3.63) is 64.4 Å². The number of hydrogen-bond acceptors (Lipinski definition) is 7. The molecule has 5 nitrogen and oxygen atoms in total. The van der Waals surface area contributed by atoms with Crippen molar-refractivity contribution in [2.45, 2.75) is 6.04 Å². The molecule has 1 saturated heterocycles. The van der Waals surface area contributed by atoms with E-state index in [2.05, 4.69) is 67.3 Å². The second kappa shape index (κ2) is 8.59. The summed E-state index contributed by atoms with van der Waals surface area (Å²) in [5.74, 6) is 0.907. The highest BCUT2D eigenvalue weighted by molar-refractivity contribution is 7.17. The van der Waals surface area contributed by atoms with Crippen LogP contribution in [0.2, 0.25) is 0 Å². The van der Waals surface area contributed by atoms with Crippen molar-refractivity contribution in [3.63, 3.8) is 0 Å². The maximum absolute atomic E-state index is 5.56. The minimum atomic E-state index is 0.308. The molecule has 1 fully saturated rings. The van der Waals surface area contributed by atoms with Crippen molar-refractivity contribution in [1.82, 2.24) is 14.9 Å². The highest BCUT2D eigenvalue weighted by Gasteiger charge is 2.24. The van der Waals surface area contributed by atoms with Gasteiger partial charge in [-0.25, -0.2) is 9.97 Å². The first kappa shape index (κ1) is 18.7. The third-order valence-electron chi connectivity index (χ3n) is 5.28. The van der Waals surface area contributed by atoms with E-state index in [1.165, 1.54) is 16.0 Å². The summed E-state index contributed by atoms with van der Waals surface area (Å²) >= 11 is 3.48. The zero-order chi connectivity index (χ0) is 19.5. The first-order valence-electron chi connectivity index (χ1n) is 9.77. The van der Waals surface area contributed by atoms with Crippen LogP contribution in [-0.4, -0.2) is 47.7 Å². The van der Waals surface area contributed by atoms with Crippen LogP contribution in [0.15, 0.2) is 59.6 Å². The number of fused-ring (bicyclic) bond motifs is 1. The highest BCUT2D eigenvalue weighted by Crippen LogP contribution is 2.37. The molecular formula is C22H22N4OS2. The lowest BCUT2D eigenvalue weighted by molar-refractivity contribution is 0.0194. The fraction of sp³-hybridized carbons (Fsp3) is 0.273. The van der Waals surface area contributed by atoms with Gasteiger partial charge in [0, 0.05) is 35.5 Å². The van der Waals surface area contributed by atoms with Crippen molar-refractivity contribution in [2.75, 3.05) is 38.2 Å². The molecule has 0 spiro atoms. The van der Waals surface area contributed by atoms with E-state index >= 15 is 0 Å². The van der Waals surface area contributed by atoms with E-state index in [0.717, 1.165) is 48.9 Å². The Balaban J connectivity index is 1.45. The number of thiophene rings is 2. The number of hydrogen-bond donors (Lipinski definition) is 1. The van der Waals surface area contributed by atoms with Crippen molar-refractivity contribution >= 4 is 38.7 Å². The number of rotatable bonds is 6. The smallest absolute Gasteiger partial charge is 0.138 e. The molecule has 5 rings (SSSR count). The van der Waals surface area contributed by atoms with Crippen LogP contribution in [0.5, 0.6) is 0 Å². The minimum Gasteiger partial charge on any atom is -0.379 e. The molecule has 1 unspecified atom stereocenters. The average Bonchev–Trinajstić information content (AvgIpc) is 3.46. The Morgan fingerprint density at radius 3 is 2.69 bits per heavy atom. The SMILES string of the molecule is c1ccc(-c2csc3ncnc(NCC(c4cccs4)N4CCOCC4)c23)cc1. The lowest BCUT2D eigenvalue weighted by Gasteiger charge is -2.34. The number of nitrogens with one attached hydrogen (secondary N) is 1. The molecule has 1 N–H and O–H groups in total. The zero-order valence-corrected chi connectivity index (χ0v) is 17.6. The maximum Gasteiger partial charge on any atom is 0.138 e. The topological polar surface area (TPSA) is 50.3 Å². The molecule has 4 heterocycles. The Labute approximate surface area is 178 Å². The largest absolute Gasteiger partial charge is 0.379 e. The average molecular weight is 423 g/mol. The van der Waals surface area contributed by atoms with Gasteiger partial charge in [0.25, 0.3) is 0 Å². The van der Waals surface area contributed by atoms with E-state index in [-0.39, 0.29) is 0 Å². The first-order chi connectivity index (χ1) is 14.4. The van der Waals surface area contributed by atoms with Crippen LogP contribution in [0.1, 0.15) is 10.9 Å². The predicted molar refractivity (Wildman–Crippen MR) is 121 cm³/mol. The standard InChI is InChI=1S/C22H22N4OS2/c1-2-5-16(6-3-1)17-14-29-22-20(17)21(24-15-25-22)23-13-18(19-7-4-12-28-19)26-8-10-27-11-9-26/h1-7,12,14-15,18H,8-11,13H2,(H,23,24,25). The number of aromatic nitrogens is 2. The Bertz CT molecular complexity index is 1060. The lowest BCUT2D eigenvalue weighted by atomic mass is 10.1. The minimum absolute atomic E-state index is 0.308. The summed E-state index contributed by atoms with van der Waals surface area (Å²) < 4.78 is 5.56. The van der Waals surface area contributed by atoms with Gasteiger partial charge in [0.2, 0.25) is 0 Å². The molecule has 3 aromatic heterocycles. The van der Waals surface area contributed by atoms with Gasteiger partial charge >= 0.3 is 0 Å². The molecule has 1 aliphatic rings. The fourth-order valence-electron chi connectivity index (χ4n) is 3.81. The number of nitrogens with zero attached hydrogens (tertiary/aromatic N) is 3. The van der Waals surface area contributed by atoms with Gasteiger partial charge < -0.3 is 10.1 Å². The predicted octanol–water partition coefficient (Wildman–Crippen LogP) is 4.91.